The van der Waals surface area contributed by atoms with Crippen LogP contribution in [0.15, 0.2) is 57.7 Å². The van der Waals surface area contributed by atoms with Gasteiger partial charge in [-0.15, -0.1) is 11.3 Å². The molecule has 0 bridgehead atoms. The zero-order valence-corrected chi connectivity index (χ0v) is 17.7. The zero-order chi connectivity index (χ0) is 22.2. The van der Waals surface area contributed by atoms with Gasteiger partial charge in [-0.1, -0.05) is 24.3 Å². The minimum atomic E-state index is -0.728. The number of nitriles is 1. The highest BCUT2D eigenvalue weighted by molar-refractivity contribution is 7.16. The van der Waals surface area contributed by atoms with Gasteiger partial charge in [-0.2, -0.15) is 5.26 Å². The van der Waals surface area contributed by atoms with E-state index in [0.717, 1.165) is 16.0 Å². The molecule has 0 spiro atoms. The van der Waals surface area contributed by atoms with Crippen molar-refractivity contribution in [3.8, 4) is 17.6 Å². The van der Waals surface area contributed by atoms with E-state index in [1.54, 1.807) is 24.3 Å². The lowest BCUT2D eigenvalue weighted by Gasteiger charge is -2.04. The summed E-state index contributed by atoms with van der Waals surface area (Å²) in [4.78, 5) is 26.1. The van der Waals surface area contributed by atoms with Crippen molar-refractivity contribution in [2.24, 2.45) is 0 Å². The number of rotatable bonds is 4. The SMILES string of the molecule is Cc1c(Cc2ccc3c(c2)OCO3)sc(NC(=O)c2cc3ccccc3oc2=O)c1C#N. The summed E-state index contributed by atoms with van der Waals surface area (Å²) >= 11 is 1.31. The van der Waals surface area contributed by atoms with Gasteiger partial charge >= 0.3 is 5.63 Å². The third-order valence-electron chi connectivity index (χ3n) is 5.27. The summed E-state index contributed by atoms with van der Waals surface area (Å²) in [5.41, 5.74) is 1.73. The molecule has 4 aromatic rings. The summed E-state index contributed by atoms with van der Waals surface area (Å²) in [5.74, 6) is 0.780. The maximum Gasteiger partial charge on any atom is 0.349 e. The second kappa shape index (κ2) is 7.87. The highest BCUT2D eigenvalue weighted by atomic mass is 32.1. The molecule has 7 nitrogen and oxygen atoms in total. The fraction of sp³-hybridized carbons (Fsp3) is 0.125. The lowest BCUT2D eigenvalue weighted by atomic mass is 10.1. The number of fused-ring (bicyclic) bond motifs is 2. The molecule has 0 saturated carbocycles. The number of anilines is 1. The average Bonchev–Trinajstić information content (AvgIpc) is 3.37. The van der Waals surface area contributed by atoms with Crippen molar-refractivity contribution in [2.75, 3.05) is 12.1 Å². The first-order chi connectivity index (χ1) is 15.5. The summed E-state index contributed by atoms with van der Waals surface area (Å²) in [7, 11) is 0. The van der Waals surface area contributed by atoms with E-state index in [-0.39, 0.29) is 12.4 Å². The topological polar surface area (TPSA) is 102 Å². The minimum Gasteiger partial charge on any atom is -0.454 e. The predicted molar refractivity (Wildman–Crippen MR) is 120 cm³/mol. The Hall–Kier alpha value is -4.09. The molecule has 1 N–H and O–H groups in total. The van der Waals surface area contributed by atoms with Crippen LogP contribution in [0.25, 0.3) is 11.0 Å². The average molecular weight is 444 g/mol. The Morgan fingerprint density at radius 3 is 2.81 bits per heavy atom. The number of thiophene rings is 1. The van der Waals surface area contributed by atoms with Gasteiger partial charge < -0.3 is 19.2 Å². The van der Waals surface area contributed by atoms with Crippen molar-refractivity contribution >= 4 is 33.2 Å². The van der Waals surface area contributed by atoms with Crippen LogP contribution < -0.4 is 20.4 Å². The van der Waals surface area contributed by atoms with Crippen molar-refractivity contribution in [2.45, 2.75) is 13.3 Å². The van der Waals surface area contributed by atoms with Gasteiger partial charge in [0.05, 0.1) is 5.56 Å². The number of nitrogens with zero attached hydrogens (tertiary/aromatic N) is 1. The van der Waals surface area contributed by atoms with Gasteiger partial charge in [0, 0.05) is 16.7 Å². The number of ether oxygens (including phenoxy) is 2. The van der Waals surface area contributed by atoms with Crippen LogP contribution in [-0.4, -0.2) is 12.7 Å². The normalized spacial score (nSPS) is 12.0. The predicted octanol–water partition coefficient (Wildman–Crippen LogP) is 4.61. The van der Waals surface area contributed by atoms with E-state index < -0.39 is 11.5 Å². The van der Waals surface area contributed by atoms with Crippen LogP contribution in [0, 0.1) is 18.3 Å². The number of hydrogen-bond donors (Lipinski definition) is 1. The lowest BCUT2D eigenvalue weighted by molar-refractivity contribution is 0.102. The van der Waals surface area contributed by atoms with Gasteiger partial charge in [-0.25, -0.2) is 4.79 Å². The van der Waals surface area contributed by atoms with Gasteiger partial charge in [-0.3, -0.25) is 4.79 Å². The summed E-state index contributed by atoms with van der Waals surface area (Å²) < 4.78 is 16.0. The van der Waals surface area contributed by atoms with Gasteiger partial charge in [-0.05, 0) is 42.3 Å². The Balaban J connectivity index is 1.44. The molecule has 158 valence electrons. The Morgan fingerprint density at radius 2 is 1.97 bits per heavy atom. The Kier molecular flexibility index (Phi) is 4.88. The molecule has 0 radical (unpaired) electrons. The van der Waals surface area contributed by atoms with E-state index in [9.17, 15) is 14.9 Å². The fourth-order valence-corrected chi connectivity index (χ4v) is 4.76. The first-order valence-electron chi connectivity index (χ1n) is 9.78. The van der Waals surface area contributed by atoms with Crippen molar-refractivity contribution in [3.05, 3.63) is 86.1 Å². The van der Waals surface area contributed by atoms with E-state index in [4.69, 9.17) is 13.9 Å². The second-order valence-electron chi connectivity index (χ2n) is 7.27. The molecule has 0 atom stereocenters. The maximum absolute atomic E-state index is 12.8. The Labute approximate surface area is 186 Å². The van der Waals surface area contributed by atoms with Crippen LogP contribution in [-0.2, 0) is 6.42 Å². The number of para-hydroxylation sites is 1. The molecule has 2 aromatic carbocycles. The lowest BCUT2D eigenvalue weighted by Crippen LogP contribution is -2.20. The Morgan fingerprint density at radius 1 is 1.16 bits per heavy atom. The van der Waals surface area contributed by atoms with Gasteiger partial charge in [0.1, 0.15) is 22.2 Å². The highest BCUT2D eigenvalue weighted by Crippen LogP contribution is 2.37. The van der Waals surface area contributed by atoms with Crippen LogP contribution in [0.5, 0.6) is 11.5 Å². The molecular weight excluding hydrogens is 428 g/mol. The molecule has 0 fully saturated rings. The van der Waals surface area contributed by atoms with Crippen molar-refractivity contribution in [1.82, 2.24) is 0 Å². The molecule has 5 rings (SSSR count). The van der Waals surface area contributed by atoms with Crippen molar-refractivity contribution in [3.63, 3.8) is 0 Å². The van der Waals surface area contributed by atoms with E-state index >= 15 is 0 Å². The summed E-state index contributed by atoms with van der Waals surface area (Å²) in [6, 6.07) is 16.3. The number of carbonyl (C=O) groups is 1. The molecule has 3 heterocycles. The largest absolute Gasteiger partial charge is 0.454 e. The van der Waals surface area contributed by atoms with E-state index in [0.29, 0.717) is 39.5 Å². The van der Waals surface area contributed by atoms with E-state index in [1.807, 2.05) is 25.1 Å². The number of benzene rings is 2. The third-order valence-corrected chi connectivity index (χ3v) is 6.48. The summed E-state index contributed by atoms with van der Waals surface area (Å²) in [6.07, 6.45) is 0.565. The molecule has 1 amide bonds. The maximum atomic E-state index is 12.8. The van der Waals surface area contributed by atoms with Crippen LogP contribution in [0.3, 0.4) is 0 Å². The molecular formula is C24H16N2O5S. The number of carbonyl (C=O) groups excluding carboxylic acids is 1. The zero-order valence-electron chi connectivity index (χ0n) is 16.9. The molecule has 2 aromatic heterocycles. The molecule has 0 saturated heterocycles. The van der Waals surface area contributed by atoms with Crippen LogP contribution >= 0.6 is 11.3 Å². The monoisotopic (exact) mass is 444 g/mol. The molecule has 8 heteroatoms. The summed E-state index contributed by atoms with van der Waals surface area (Å²) in [6.45, 7) is 2.05. The van der Waals surface area contributed by atoms with E-state index in [1.165, 1.54) is 17.4 Å². The number of nitrogens with one attached hydrogen (secondary N) is 1. The quantitative estimate of drug-likeness (QED) is 0.462. The molecule has 32 heavy (non-hydrogen) atoms. The second-order valence-corrected chi connectivity index (χ2v) is 8.38. The number of amides is 1. The highest BCUT2D eigenvalue weighted by Gasteiger charge is 2.21. The van der Waals surface area contributed by atoms with Gasteiger partial charge in [0.2, 0.25) is 6.79 Å². The van der Waals surface area contributed by atoms with Gasteiger partial charge in [0.25, 0.3) is 5.91 Å². The first kappa shape index (κ1) is 19.8. The van der Waals surface area contributed by atoms with Crippen molar-refractivity contribution < 1.29 is 18.7 Å². The van der Waals surface area contributed by atoms with Crippen LogP contribution in [0.4, 0.5) is 5.00 Å². The smallest absolute Gasteiger partial charge is 0.349 e. The standard InChI is InChI=1S/C24H16N2O5S/c1-13-17(11-25)23(32-21(13)9-14-6-7-19-20(8-14)30-12-29-19)26-22(27)16-10-15-4-2-3-5-18(15)31-24(16)28/h2-8,10H,9,12H2,1H3,(H,26,27). The minimum absolute atomic E-state index is 0.115. The number of hydrogen-bond acceptors (Lipinski definition) is 7. The molecule has 1 aliphatic heterocycles. The van der Waals surface area contributed by atoms with Crippen molar-refractivity contribution in [1.29, 1.82) is 5.26 Å². The van der Waals surface area contributed by atoms with Crippen LogP contribution in [0.1, 0.15) is 31.9 Å². The molecule has 0 aliphatic carbocycles. The third kappa shape index (κ3) is 3.49. The van der Waals surface area contributed by atoms with Crippen LogP contribution in [0.2, 0.25) is 0 Å². The van der Waals surface area contributed by atoms with E-state index in [2.05, 4.69) is 11.4 Å². The Bertz CT molecular complexity index is 1480. The fourth-order valence-electron chi connectivity index (χ4n) is 3.58. The first-order valence-corrected chi connectivity index (χ1v) is 10.6. The molecule has 1 aliphatic rings. The summed E-state index contributed by atoms with van der Waals surface area (Å²) in [5, 5.41) is 13.4. The molecule has 0 unspecified atom stereocenters. The van der Waals surface area contributed by atoms with Gasteiger partial charge in [0.15, 0.2) is 11.5 Å².